The largest absolute Gasteiger partial charge is 0.348 e. The van der Waals surface area contributed by atoms with Crippen molar-refractivity contribution in [2.24, 2.45) is 0 Å². The van der Waals surface area contributed by atoms with Crippen molar-refractivity contribution in [3.8, 4) is 0 Å². The normalized spacial score (nSPS) is 11.4. The topological polar surface area (TPSA) is 75.3 Å². The van der Waals surface area contributed by atoms with E-state index in [-0.39, 0.29) is 10.8 Å². The number of hydrogen-bond acceptors (Lipinski definition) is 3. The Bertz CT molecular complexity index is 1160. The predicted molar refractivity (Wildman–Crippen MR) is 121 cm³/mol. The Morgan fingerprint density at radius 1 is 0.967 bits per heavy atom. The summed E-state index contributed by atoms with van der Waals surface area (Å²) in [5.41, 5.74) is 3.20. The molecule has 30 heavy (non-hydrogen) atoms. The number of rotatable bonds is 7. The molecule has 0 spiro atoms. The molecule has 1 amide bonds. The van der Waals surface area contributed by atoms with Crippen LogP contribution in [-0.4, -0.2) is 14.3 Å². The monoisotopic (exact) mass is 440 g/mol. The molecule has 0 radical (unpaired) electrons. The highest BCUT2D eigenvalue weighted by molar-refractivity contribution is 7.92. The second kappa shape index (κ2) is 9.61. The van der Waals surface area contributed by atoms with Gasteiger partial charge in [0.2, 0.25) is 5.91 Å². The van der Waals surface area contributed by atoms with Crippen molar-refractivity contribution in [1.29, 1.82) is 0 Å². The van der Waals surface area contributed by atoms with Crippen LogP contribution in [0.4, 0.5) is 5.69 Å². The van der Waals surface area contributed by atoms with Crippen LogP contribution in [-0.2, 0) is 21.4 Å². The molecule has 0 atom stereocenters. The molecule has 154 valence electrons. The van der Waals surface area contributed by atoms with Crippen molar-refractivity contribution in [1.82, 2.24) is 5.32 Å². The fraction of sp³-hybridized carbons (Fsp3) is 0.0870. The van der Waals surface area contributed by atoms with Crippen LogP contribution >= 0.6 is 11.6 Å². The molecule has 5 nitrogen and oxygen atoms in total. The number of amides is 1. The first-order valence-corrected chi connectivity index (χ1v) is 11.1. The van der Waals surface area contributed by atoms with Crippen molar-refractivity contribution in [3.63, 3.8) is 0 Å². The zero-order valence-corrected chi connectivity index (χ0v) is 17.9. The average Bonchev–Trinajstić information content (AvgIpc) is 2.74. The van der Waals surface area contributed by atoms with Gasteiger partial charge in [0, 0.05) is 12.6 Å². The van der Waals surface area contributed by atoms with Gasteiger partial charge in [0.15, 0.2) is 0 Å². The van der Waals surface area contributed by atoms with Crippen LogP contribution in [0, 0.1) is 6.92 Å². The van der Waals surface area contributed by atoms with Crippen molar-refractivity contribution in [2.75, 3.05) is 4.72 Å². The van der Waals surface area contributed by atoms with E-state index in [1.54, 1.807) is 42.5 Å². The van der Waals surface area contributed by atoms with Crippen LogP contribution in [0.3, 0.4) is 0 Å². The van der Waals surface area contributed by atoms with E-state index in [0.29, 0.717) is 22.8 Å². The molecule has 0 fully saturated rings. The summed E-state index contributed by atoms with van der Waals surface area (Å²) < 4.78 is 27.5. The lowest BCUT2D eigenvalue weighted by Gasteiger charge is -2.09. The third-order valence-electron chi connectivity index (χ3n) is 4.32. The van der Waals surface area contributed by atoms with Crippen LogP contribution in [0.1, 0.15) is 16.7 Å². The quantitative estimate of drug-likeness (QED) is 0.519. The predicted octanol–water partition coefficient (Wildman–Crippen LogP) is 4.78. The summed E-state index contributed by atoms with van der Waals surface area (Å²) in [6.45, 7) is 2.45. The van der Waals surface area contributed by atoms with Gasteiger partial charge in [-0.1, -0.05) is 65.7 Å². The lowest BCUT2D eigenvalue weighted by molar-refractivity contribution is -0.116. The summed E-state index contributed by atoms with van der Waals surface area (Å²) in [7, 11) is -3.76. The maximum absolute atomic E-state index is 12.5. The summed E-state index contributed by atoms with van der Waals surface area (Å²) in [6, 6.07) is 20.7. The first kappa shape index (κ1) is 21.6. The van der Waals surface area contributed by atoms with E-state index >= 15 is 0 Å². The number of carbonyl (C=O) groups excluding carboxylic acids is 1. The van der Waals surface area contributed by atoms with Crippen molar-refractivity contribution in [2.45, 2.75) is 18.4 Å². The van der Waals surface area contributed by atoms with E-state index in [4.69, 9.17) is 11.6 Å². The number of anilines is 1. The number of sulfonamides is 1. The zero-order chi connectivity index (χ0) is 21.6. The Kier molecular flexibility index (Phi) is 6.92. The van der Waals surface area contributed by atoms with Crippen LogP contribution in [0.15, 0.2) is 83.8 Å². The summed E-state index contributed by atoms with van der Waals surface area (Å²) in [5, 5.41) is 3.13. The van der Waals surface area contributed by atoms with Crippen LogP contribution in [0.2, 0.25) is 5.02 Å². The van der Waals surface area contributed by atoms with Crippen molar-refractivity contribution < 1.29 is 13.2 Å². The van der Waals surface area contributed by atoms with Crippen molar-refractivity contribution in [3.05, 3.63) is 101 Å². The van der Waals surface area contributed by atoms with Crippen molar-refractivity contribution >= 4 is 39.3 Å². The van der Waals surface area contributed by atoms with Crippen LogP contribution in [0.5, 0.6) is 0 Å². The fourth-order valence-corrected chi connectivity index (χ4v) is 3.95. The molecule has 2 N–H and O–H groups in total. The number of benzene rings is 3. The van der Waals surface area contributed by atoms with Gasteiger partial charge in [-0.05, 0) is 48.4 Å². The molecule has 7 heteroatoms. The molecule has 0 unspecified atom stereocenters. The smallest absolute Gasteiger partial charge is 0.261 e. The molecule has 0 aliphatic rings. The molecule has 0 saturated heterocycles. The molecule has 0 heterocycles. The Balaban J connectivity index is 1.60. The number of hydrogen-bond donors (Lipinski definition) is 2. The molecule has 3 aromatic rings. The second-order valence-corrected chi connectivity index (χ2v) is 8.78. The van der Waals surface area contributed by atoms with Gasteiger partial charge in [0.05, 0.1) is 15.6 Å². The van der Waals surface area contributed by atoms with Gasteiger partial charge in [-0.15, -0.1) is 0 Å². The maximum Gasteiger partial charge on any atom is 0.261 e. The highest BCUT2D eigenvalue weighted by atomic mass is 35.5. The molecule has 0 bridgehead atoms. The molecule has 0 saturated carbocycles. The van der Waals surface area contributed by atoms with Gasteiger partial charge in [0.1, 0.15) is 0 Å². The van der Waals surface area contributed by atoms with E-state index in [9.17, 15) is 13.2 Å². The number of aryl methyl sites for hydroxylation is 1. The third kappa shape index (κ3) is 5.95. The molecule has 3 rings (SSSR count). The van der Waals surface area contributed by atoms with Crippen LogP contribution < -0.4 is 10.0 Å². The second-order valence-electron chi connectivity index (χ2n) is 6.69. The number of nitrogens with one attached hydrogen (secondary N) is 2. The minimum Gasteiger partial charge on any atom is -0.348 e. The van der Waals surface area contributed by atoms with Crippen LogP contribution in [0.25, 0.3) is 6.08 Å². The van der Waals surface area contributed by atoms with Gasteiger partial charge in [-0.25, -0.2) is 8.42 Å². The Morgan fingerprint density at radius 3 is 2.30 bits per heavy atom. The molecule has 0 aliphatic carbocycles. The van der Waals surface area contributed by atoms with Gasteiger partial charge < -0.3 is 5.32 Å². The average molecular weight is 441 g/mol. The first-order valence-electron chi connectivity index (χ1n) is 9.22. The Hall–Kier alpha value is -3.09. The summed E-state index contributed by atoms with van der Waals surface area (Å²) in [5.74, 6) is -0.229. The van der Waals surface area contributed by atoms with E-state index in [0.717, 1.165) is 11.1 Å². The van der Waals surface area contributed by atoms with Gasteiger partial charge in [-0.3, -0.25) is 9.52 Å². The first-order chi connectivity index (χ1) is 14.3. The Morgan fingerprint density at radius 2 is 1.63 bits per heavy atom. The highest BCUT2D eigenvalue weighted by Crippen LogP contribution is 2.24. The summed E-state index contributed by atoms with van der Waals surface area (Å²) in [4.78, 5) is 12.1. The van der Waals surface area contributed by atoms with Gasteiger partial charge >= 0.3 is 0 Å². The molecule has 0 aliphatic heterocycles. The summed E-state index contributed by atoms with van der Waals surface area (Å²) >= 11 is 6.01. The number of halogens is 1. The minimum absolute atomic E-state index is 0.100. The lowest BCUT2D eigenvalue weighted by atomic mass is 10.1. The SMILES string of the molecule is Cc1ccc(CNC(=O)/C=C/c2ccc(S(=O)(=O)Nc3ccccc3Cl)cc2)cc1. The van der Waals surface area contributed by atoms with E-state index < -0.39 is 10.0 Å². The molecular formula is C23H21ClN2O3S. The Labute approximate surface area is 181 Å². The zero-order valence-electron chi connectivity index (χ0n) is 16.3. The van der Waals surface area contributed by atoms with Gasteiger partial charge in [0.25, 0.3) is 10.0 Å². The van der Waals surface area contributed by atoms with E-state index in [1.165, 1.54) is 18.2 Å². The number of para-hydroxylation sites is 1. The molecule has 0 aromatic heterocycles. The molecule has 3 aromatic carbocycles. The number of carbonyl (C=O) groups is 1. The summed E-state index contributed by atoms with van der Waals surface area (Å²) in [6.07, 6.45) is 3.04. The maximum atomic E-state index is 12.5. The highest BCUT2D eigenvalue weighted by Gasteiger charge is 2.15. The lowest BCUT2D eigenvalue weighted by Crippen LogP contribution is -2.20. The molecular weight excluding hydrogens is 420 g/mol. The van der Waals surface area contributed by atoms with E-state index in [2.05, 4.69) is 10.0 Å². The standard InChI is InChI=1S/C23H21ClN2O3S/c1-17-6-8-19(9-7-17)16-25-23(27)15-12-18-10-13-20(14-11-18)30(28,29)26-22-5-3-2-4-21(22)24/h2-15,26H,16H2,1H3,(H,25,27)/b15-12+. The van der Waals surface area contributed by atoms with E-state index in [1.807, 2.05) is 31.2 Å². The fourth-order valence-electron chi connectivity index (χ4n) is 2.63. The third-order valence-corrected chi connectivity index (χ3v) is 6.03. The minimum atomic E-state index is -3.76. The van der Waals surface area contributed by atoms with Gasteiger partial charge in [-0.2, -0.15) is 0 Å².